The molecule has 0 aliphatic rings. The third-order valence-electron chi connectivity index (χ3n) is 7.77. The zero-order chi connectivity index (χ0) is 26.5. The number of fused-ring (bicyclic) bond motifs is 5. The monoisotopic (exact) mass is 585 g/mol. The van der Waals surface area contributed by atoms with Gasteiger partial charge >= 0.3 is 233 Å². The molecule has 0 saturated heterocycles. The SMILES string of the molecule is Cn1c(Cl)ccc1-c1nc2cc3c(cc2n1C)[se]c1cc2c(cc13)nc(-c1ccc(C(C)(C)C)cc1)n2C. The fourth-order valence-corrected chi connectivity index (χ4v) is 8.00. The molecule has 0 atom stereocenters. The van der Waals surface area contributed by atoms with Crippen molar-refractivity contribution in [2.75, 3.05) is 0 Å². The van der Waals surface area contributed by atoms with Crippen LogP contribution in [0.15, 0.2) is 60.7 Å². The molecule has 5 nitrogen and oxygen atoms in total. The molecule has 0 amide bonds. The van der Waals surface area contributed by atoms with Gasteiger partial charge in [-0.3, -0.25) is 0 Å². The number of nitrogens with zero attached hydrogens (tertiary/aromatic N) is 5. The molecule has 0 spiro atoms. The normalized spacial score (nSPS) is 12.6. The molecular weight excluding hydrogens is 557 g/mol. The Morgan fingerprint density at radius 1 is 0.684 bits per heavy atom. The van der Waals surface area contributed by atoms with Crippen LogP contribution in [0, 0.1) is 0 Å². The van der Waals surface area contributed by atoms with Gasteiger partial charge in [-0.2, -0.15) is 0 Å². The summed E-state index contributed by atoms with van der Waals surface area (Å²) >= 11 is 6.54. The van der Waals surface area contributed by atoms with E-state index in [2.05, 4.69) is 92.5 Å². The molecule has 7 aromatic rings. The van der Waals surface area contributed by atoms with E-state index < -0.39 is 0 Å². The van der Waals surface area contributed by atoms with Gasteiger partial charge in [0, 0.05) is 0 Å². The van der Waals surface area contributed by atoms with E-state index in [9.17, 15) is 0 Å². The van der Waals surface area contributed by atoms with E-state index in [1.165, 1.54) is 30.4 Å². The molecule has 0 fully saturated rings. The average molecular weight is 585 g/mol. The Labute approximate surface area is 232 Å². The van der Waals surface area contributed by atoms with Crippen LogP contribution in [-0.2, 0) is 26.6 Å². The summed E-state index contributed by atoms with van der Waals surface area (Å²) < 4.78 is 9.18. The van der Waals surface area contributed by atoms with Crippen LogP contribution in [0.25, 0.3) is 64.3 Å². The number of aromatic nitrogens is 5. The first kappa shape index (κ1) is 23.8. The molecule has 0 N–H and O–H groups in total. The van der Waals surface area contributed by atoms with E-state index in [1.54, 1.807) is 0 Å². The standard InChI is InChI=1S/C31H28ClN5Se/c1-31(2,3)18-9-7-17(8-10-18)29-33-21-13-19-20-14-22-25(16-27(20)38-26(19)15-24(21)36(29)5)37(6)30(34-22)23-11-12-28(32)35(23)4/h7-16H,1-6H3. The van der Waals surface area contributed by atoms with Crippen molar-refractivity contribution in [3.05, 3.63) is 71.4 Å². The van der Waals surface area contributed by atoms with Gasteiger partial charge in [-0.05, 0) is 0 Å². The summed E-state index contributed by atoms with van der Waals surface area (Å²) in [5.41, 5.74) is 7.98. The van der Waals surface area contributed by atoms with Gasteiger partial charge in [0.2, 0.25) is 0 Å². The van der Waals surface area contributed by atoms with Crippen LogP contribution >= 0.6 is 11.6 Å². The topological polar surface area (TPSA) is 40.6 Å². The number of imidazole rings is 2. The van der Waals surface area contributed by atoms with Crippen molar-refractivity contribution in [3.63, 3.8) is 0 Å². The van der Waals surface area contributed by atoms with Crippen molar-refractivity contribution in [2.24, 2.45) is 21.1 Å². The first-order chi connectivity index (χ1) is 18.1. The number of hydrogen-bond acceptors (Lipinski definition) is 2. The Hall–Kier alpha value is -3.31. The first-order valence-corrected chi connectivity index (χ1v) is 14.8. The van der Waals surface area contributed by atoms with Gasteiger partial charge in [-0.1, -0.05) is 0 Å². The molecule has 0 aliphatic carbocycles. The molecule has 7 heteroatoms. The van der Waals surface area contributed by atoms with Crippen molar-refractivity contribution in [1.29, 1.82) is 0 Å². The summed E-state index contributed by atoms with van der Waals surface area (Å²) in [6.07, 6.45) is 0. The molecule has 7 rings (SSSR count). The molecule has 190 valence electrons. The molecular formula is C31H28ClN5Se. The molecule has 4 aromatic heterocycles. The third kappa shape index (κ3) is 3.44. The summed E-state index contributed by atoms with van der Waals surface area (Å²) in [6, 6.07) is 22.0. The fraction of sp³-hybridized carbons (Fsp3) is 0.226. The van der Waals surface area contributed by atoms with Crippen molar-refractivity contribution in [3.8, 4) is 22.9 Å². The molecule has 0 unspecified atom stereocenters. The van der Waals surface area contributed by atoms with Crippen molar-refractivity contribution in [1.82, 2.24) is 23.7 Å². The predicted molar refractivity (Wildman–Crippen MR) is 160 cm³/mol. The van der Waals surface area contributed by atoms with Gasteiger partial charge in [0.1, 0.15) is 0 Å². The molecule has 38 heavy (non-hydrogen) atoms. The van der Waals surface area contributed by atoms with Crippen LogP contribution in [0.5, 0.6) is 0 Å². The second kappa shape index (κ2) is 8.09. The zero-order valence-corrected chi connectivity index (χ0v) is 24.8. The third-order valence-corrected chi connectivity index (χ3v) is 10.5. The minimum absolute atomic E-state index is 0.134. The summed E-state index contributed by atoms with van der Waals surface area (Å²) in [6.45, 7) is 6.74. The van der Waals surface area contributed by atoms with Crippen LogP contribution in [0.4, 0.5) is 0 Å². The second-order valence-corrected chi connectivity index (χ2v) is 13.9. The summed E-state index contributed by atoms with van der Waals surface area (Å²) in [5, 5.41) is 3.28. The number of benzene rings is 3. The Bertz CT molecular complexity index is 2040. The summed E-state index contributed by atoms with van der Waals surface area (Å²) in [7, 11) is 6.18. The van der Waals surface area contributed by atoms with Crippen molar-refractivity contribution >= 4 is 67.5 Å². The number of hydrogen-bond donors (Lipinski definition) is 0. The van der Waals surface area contributed by atoms with Gasteiger partial charge in [0.05, 0.1) is 0 Å². The van der Waals surface area contributed by atoms with Gasteiger partial charge in [0.15, 0.2) is 0 Å². The molecule has 0 saturated carbocycles. The second-order valence-electron chi connectivity index (χ2n) is 11.2. The Morgan fingerprint density at radius 3 is 1.76 bits per heavy atom. The van der Waals surface area contributed by atoms with Crippen molar-refractivity contribution < 1.29 is 0 Å². The molecule has 0 bridgehead atoms. The maximum absolute atomic E-state index is 6.31. The van der Waals surface area contributed by atoms with Crippen LogP contribution < -0.4 is 0 Å². The molecule has 3 aromatic carbocycles. The number of halogens is 1. The maximum atomic E-state index is 6.31. The van der Waals surface area contributed by atoms with Crippen LogP contribution in [-0.4, -0.2) is 38.2 Å². The van der Waals surface area contributed by atoms with Gasteiger partial charge in [0.25, 0.3) is 0 Å². The van der Waals surface area contributed by atoms with Crippen LogP contribution in [0.1, 0.15) is 26.3 Å². The van der Waals surface area contributed by atoms with E-state index in [1.807, 2.05) is 23.7 Å². The number of rotatable bonds is 2. The quantitative estimate of drug-likeness (QED) is 0.198. The van der Waals surface area contributed by atoms with Crippen molar-refractivity contribution in [2.45, 2.75) is 26.2 Å². The van der Waals surface area contributed by atoms with E-state index >= 15 is 0 Å². The molecule has 0 aliphatic heterocycles. The van der Waals surface area contributed by atoms with Gasteiger partial charge in [-0.15, -0.1) is 0 Å². The average Bonchev–Trinajstić information content (AvgIpc) is 3.60. The Morgan fingerprint density at radius 2 is 1.24 bits per heavy atom. The van der Waals surface area contributed by atoms with E-state index in [4.69, 9.17) is 21.6 Å². The van der Waals surface area contributed by atoms with E-state index in [0.29, 0.717) is 5.15 Å². The van der Waals surface area contributed by atoms with E-state index in [0.717, 1.165) is 39.5 Å². The Kier molecular flexibility index (Phi) is 5.07. The Balaban J connectivity index is 1.38. The summed E-state index contributed by atoms with van der Waals surface area (Å²) in [4.78, 5) is 10.1. The van der Waals surface area contributed by atoms with E-state index in [-0.39, 0.29) is 19.9 Å². The molecule has 0 radical (unpaired) electrons. The minimum atomic E-state index is 0.134. The predicted octanol–water partition coefficient (Wildman–Crippen LogP) is 7.45. The van der Waals surface area contributed by atoms with Gasteiger partial charge in [-0.25, -0.2) is 0 Å². The fourth-order valence-electron chi connectivity index (χ4n) is 5.46. The zero-order valence-electron chi connectivity index (χ0n) is 22.3. The van der Waals surface area contributed by atoms with Gasteiger partial charge < -0.3 is 0 Å². The van der Waals surface area contributed by atoms with Crippen LogP contribution in [0.3, 0.4) is 0 Å². The molecule has 4 heterocycles. The summed E-state index contributed by atoms with van der Waals surface area (Å²) in [5.74, 6) is 1.93. The van der Waals surface area contributed by atoms with Crippen LogP contribution in [0.2, 0.25) is 5.15 Å². The first-order valence-electron chi connectivity index (χ1n) is 12.7. The number of aryl methyl sites for hydroxylation is 2.